The first kappa shape index (κ1) is 20.0. The number of benzene rings is 2. The second-order valence-corrected chi connectivity index (χ2v) is 7.28. The quantitative estimate of drug-likeness (QED) is 0.619. The van der Waals surface area contributed by atoms with Gasteiger partial charge in [0.25, 0.3) is 5.91 Å². The van der Waals surface area contributed by atoms with E-state index in [9.17, 15) is 9.59 Å². The maximum Gasteiger partial charge on any atom is 0.278 e. The maximum absolute atomic E-state index is 12.5. The number of hydrogen-bond donors (Lipinski definition) is 2. The number of carbonyl (C=O) groups excluding carboxylic acids is 2. The maximum atomic E-state index is 12.5. The smallest absolute Gasteiger partial charge is 0.278 e. The van der Waals surface area contributed by atoms with Crippen LogP contribution >= 0.6 is 23.2 Å². The van der Waals surface area contributed by atoms with Gasteiger partial charge in [0.05, 0.1) is 5.69 Å². The van der Waals surface area contributed by atoms with E-state index in [-0.39, 0.29) is 24.9 Å². The lowest BCUT2D eigenvalue weighted by Crippen LogP contribution is -2.21. The van der Waals surface area contributed by atoms with E-state index in [1.165, 1.54) is 4.68 Å². The molecule has 0 saturated heterocycles. The molecule has 0 atom stereocenters. The Morgan fingerprint density at radius 3 is 2.53 bits per heavy atom. The number of nitrogens with one attached hydrogen (secondary N) is 2. The zero-order chi connectivity index (χ0) is 21.3. The van der Waals surface area contributed by atoms with Crippen LogP contribution in [0.1, 0.15) is 16.2 Å². The Balaban J connectivity index is 1.42. The Morgan fingerprint density at radius 2 is 1.77 bits per heavy atom. The fourth-order valence-corrected chi connectivity index (χ4v) is 3.37. The summed E-state index contributed by atoms with van der Waals surface area (Å²) in [4.78, 5) is 24.9. The lowest BCUT2D eigenvalue weighted by molar-refractivity contribution is -0.117. The molecular weight excluding hydrogens is 433 g/mol. The van der Waals surface area contributed by atoms with Gasteiger partial charge in [-0.15, -0.1) is 5.10 Å². The summed E-state index contributed by atoms with van der Waals surface area (Å²) in [6.07, 6.45) is 0. The van der Waals surface area contributed by atoms with Gasteiger partial charge in [-0.25, -0.2) is 4.68 Å². The molecular formula is C19H15Cl2N5O4. The highest BCUT2D eigenvalue weighted by Gasteiger charge is 2.19. The SMILES string of the molecule is Cc1c(C(=O)Nc2cc(Cl)cc(Cl)c2)nnn1CC(=O)Nc1ccc2c(c1)OCO2. The first-order valence-electron chi connectivity index (χ1n) is 8.76. The molecule has 2 aromatic carbocycles. The Hall–Kier alpha value is -3.30. The van der Waals surface area contributed by atoms with E-state index in [2.05, 4.69) is 20.9 Å². The van der Waals surface area contributed by atoms with Crippen LogP contribution in [0, 0.1) is 6.92 Å². The van der Waals surface area contributed by atoms with Crippen molar-refractivity contribution in [2.75, 3.05) is 17.4 Å². The largest absolute Gasteiger partial charge is 0.454 e. The molecule has 0 fully saturated rings. The number of carbonyl (C=O) groups is 2. The summed E-state index contributed by atoms with van der Waals surface area (Å²) in [5.74, 6) is 0.352. The number of fused-ring (bicyclic) bond motifs is 1. The van der Waals surface area contributed by atoms with Gasteiger partial charge in [0.1, 0.15) is 6.54 Å². The van der Waals surface area contributed by atoms with Crippen LogP contribution in [0.4, 0.5) is 11.4 Å². The third kappa shape index (κ3) is 4.32. The molecule has 1 aliphatic rings. The lowest BCUT2D eigenvalue weighted by atomic mass is 10.2. The Morgan fingerprint density at radius 1 is 1.03 bits per heavy atom. The van der Waals surface area contributed by atoms with E-state index in [0.717, 1.165) is 0 Å². The molecule has 1 aliphatic heterocycles. The molecule has 9 nitrogen and oxygen atoms in total. The molecule has 0 unspecified atom stereocenters. The van der Waals surface area contributed by atoms with Crippen molar-refractivity contribution in [2.24, 2.45) is 0 Å². The average molecular weight is 448 g/mol. The van der Waals surface area contributed by atoms with Crippen LogP contribution in [0.3, 0.4) is 0 Å². The van der Waals surface area contributed by atoms with Crippen LogP contribution in [-0.4, -0.2) is 33.6 Å². The van der Waals surface area contributed by atoms with Crippen LogP contribution in [0.2, 0.25) is 10.0 Å². The average Bonchev–Trinajstić information content (AvgIpc) is 3.27. The van der Waals surface area contributed by atoms with Gasteiger partial charge in [0.2, 0.25) is 12.7 Å². The summed E-state index contributed by atoms with van der Waals surface area (Å²) >= 11 is 11.9. The van der Waals surface area contributed by atoms with Gasteiger partial charge >= 0.3 is 0 Å². The molecule has 0 bridgehead atoms. The third-order valence-electron chi connectivity index (χ3n) is 4.27. The molecule has 0 spiro atoms. The van der Waals surface area contributed by atoms with Gasteiger partial charge < -0.3 is 20.1 Å². The summed E-state index contributed by atoms with van der Waals surface area (Å²) in [7, 11) is 0. The number of anilines is 2. The number of aromatic nitrogens is 3. The molecule has 0 aliphatic carbocycles. The minimum absolute atomic E-state index is 0.0852. The summed E-state index contributed by atoms with van der Waals surface area (Å²) in [6, 6.07) is 9.76. The molecule has 2 N–H and O–H groups in total. The molecule has 0 saturated carbocycles. The van der Waals surface area contributed by atoms with Crippen molar-refractivity contribution in [1.29, 1.82) is 0 Å². The minimum Gasteiger partial charge on any atom is -0.454 e. The Kier molecular flexibility index (Phi) is 5.47. The van der Waals surface area contributed by atoms with Crippen molar-refractivity contribution in [2.45, 2.75) is 13.5 Å². The van der Waals surface area contributed by atoms with Crippen molar-refractivity contribution in [3.8, 4) is 11.5 Å². The molecule has 2 amide bonds. The second-order valence-electron chi connectivity index (χ2n) is 6.41. The zero-order valence-corrected chi connectivity index (χ0v) is 17.1. The minimum atomic E-state index is -0.492. The number of hydrogen-bond acceptors (Lipinski definition) is 6. The molecule has 4 rings (SSSR count). The van der Waals surface area contributed by atoms with Crippen molar-refractivity contribution in [1.82, 2.24) is 15.0 Å². The number of halogens is 2. The molecule has 154 valence electrons. The van der Waals surface area contributed by atoms with Gasteiger partial charge in [-0.3, -0.25) is 9.59 Å². The molecule has 11 heteroatoms. The number of ether oxygens (including phenoxy) is 2. The molecule has 3 aromatic rings. The molecule has 1 aromatic heterocycles. The van der Waals surface area contributed by atoms with Gasteiger partial charge in [-0.05, 0) is 37.3 Å². The number of amides is 2. The van der Waals surface area contributed by atoms with Gasteiger partial charge in [0.15, 0.2) is 17.2 Å². The fourth-order valence-electron chi connectivity index (χ4n) is 2.85. The summed E-state index contributed by atoms with van der Waals surface area (Å²) < 4.78 is 11.9. The fraction of sp³-hybridized carbons (Fsp3) is 0.158. The van der Waals surface area contributed by atoms with Crippen molar-refractivity contribution < 1.29 is 19.1 Å². The van der Waals surface area contributed by atoms with E-state index in [4.69, 9.17) is 32.7 Å². The van der Waals surface area contributed by atoms with E-state index in [0.29, 0.717) is 38.6 Å². The number of nitrogens with zero attached hydrogens (tertiary/aromatic N) is 3. The highest BCUT2D eigenvalue weighted by Crippen LogP contribution is 2.34. The van der Waals surface area contributed by atoms with E-state index < -0.39 is 5.91 Å². The summed E-state index contributed by atoms with van der Waals surface area (Å²) in [6.45, 7) is 1.67. The van der Waals surface area contributed by atoms with E-state index in [1.54, 1.807) is 43.3 Å². The normalized spacial score (nSPS) is 12.0. The van der Waals surface area contributed by atoms with Gasteiger partial charge in [-0.2, -0.15) is 0 Å². The van der Waals surface area contributed by atoms with Crippen molar-refractivity contribution >= 4 is 46.4 Å². The predicted octanol–water partition coefficient (Wildman–Crippen LogP) is 3.51. The molecule has 0 radical (unpaired) electrons. The van der Waals surface area contributed by atoms with Crippen molar-refractivity contribution in [3.63, 3.8) is 0 Å². The topological polar surface area (TPSA) is 107 Å². The second kappa shape index (κ2) is 8.21. The van der Waals surface area contributed by atoms with Crippen LogP contribution in [-0.2, 0) is 11.3 Å². The molecule has 2 heterocycles. The highest BCUT2D eigenvalue weighted by atomic mass is 35.5. The summed E-state index contributed by atoms with van der Waals surface area (Å²) in [5.41, 5.74) is 1.49. The molecule has 30 heavy (non-hydrogen) atoms. The van der Waals surface area contributed by atoms with Crippen LogP contribution < -0.4 is 20.1 Å². The predicted molar refractivity (Wildman–Crippen MR) is 110 cm³/mol. The zero-order valence-electron chi connectivity index (χ0n) is 15.6. The lowest BCUT2D eigenvalue weighted by Gasteiger charge is -2.08. The van der Waals surface area contributed by atoms with Crippen molar-refractivity contribution in [3.05, 3.63) is 57.8 Å². The first-order valence-corrected chi connectivity index (χ1v) is 9.51. The van der Waals surface area contributed by atoms with E-state index in [1.807, 2.05) is 0 Å². The highest BCUT2D eigenvalue weighted by molar-refractivity contribution is 6.35. The summed E-state index contributed by atoms with van der Waals surface area (Å²) in [5, 5.41) is 14.0. The third-order valence-corrected chi connectivity index (χ3v) is 4.70. The monoisotopic (exact) mass is 447 g/mol. The van der Waals surface area contributed by atoms with Crippen LogP contribution in [0.5, 0.6) is 11.5 Å². The standard InChI is InChI=1S/C19H15Cl2N5O4/c1-10-18(19(28)23-14-5-11(20)4-12(21)6-14)24-25-26(10)8-17(27)22-13-2-3-15-16(7-13)30-9-29-15/h2-7H,8-9H2,1H3,(H,22,27)(H,23,28). The Labute approximate surface area is 180 Å². The first-order chi connectivity index (χ1) is 14.4. The Bertz CT molecular complexity index is 1130. The van der Waals surface area contributed by atoms with E-state index >= 15 is 0 Å². The van der Waals surface area contributed by atoms with Gasteiger partial charge in [-0.1, -0.05) is 28.4 Å². The van der Waals surface area contributed by atoms with Gasteiger partial charge in [0, 0.05) is 27.5 Å². The number of rotatable bonds is 5. The van der Waals surface area contributed by atoms with Crippen LogP contribution in [0.15, 0.2) is 36.4 Å². The van der Waals surface area contributed by atoms with Crippen LogP contribution in [0.25, 0.3) is 0 Å².